The van der Waals surface area contributed by atoms with Crippen LogP contribution in [-0.2, 0) is 13.1 Å². The van der Waals surface area contributed by atoms with E-state index < -0.39 is 0 Å². The SMILES string of the molecule is Nc1nc(C(=O)N2Cc3ccccc3C2)c2cc(-c3ccccc3C(=O)N3CCC(CO)C3)ccc2n1. The summed E-state index contributed by atoms with van der Waals surface area (Å²) in [5.74, 6) is -0.108. The summed E-state index contributed by atoms with van der Waals surface area (Å²) in [7, 11) is 0. The molecule has 0 bridgehead atoms. The third kappa shape index (κ3) is 4.19. The van der Waals surface area contributed by atoms with Crippen LogP contribution in [-0.4, -0.2) is 56.4 Å². The molecule has 2 amide bonds. The molecule has 1 fully saturated rings. The van der Waals surface area contributed by atoms with E-state index in [1.54, 1.807) is 9.80 Å². The van der Waals surface area contributed by atoms with E-state index in [2.05, 4.69) is 9.97 Å². The van der Waals surface area contributed by atoms with E-state index in [0.717, 1.165) is 28.7 Å². The van der Waals surface area contributed by atoms with Crippen LogP contribution in [0.15, 0.2) is 66.7 Å². The Hall–Kier alpha value is -4.30. The number of hydrogen-bond acceptors (Lipinski definition) is 6. The molecule has 3 aromatic carbocycles. The number of nitrogen functional groups attached to an aromatic ring is 1. The lowest BCUT2D eigenvalue weighted by atomic mass is 9.97. The first-order chi connectivity index (χ1) is 18.0. The summed E-state index contributed by atoms with van der Waals surface area (Å²) in [6, 6.07) is 21.1. The molecule has 0 spiro atoms. The molecule has 8 heteroatoms. The van der Waals surface area contributed by atoms with Gasteiger partial charge in [-0.25, -0.2) is 9.97 Å². The fraction of sp³-hybridized carbons (Fsp3) is 0.241. The van der Waals surface area contributed by atoms with Gasteiger partial charge >= 0.3 is 0 Å². The van der Waals surface area contributed by atoms with Gasteiger partial charge in [-0.05, 0) is 46.9 Å². The lowest BCUT2D eigenvalue weighted by molar-refractivity contribution is 0.0746. The second-order valence-electron chi connectivity index (χ2n) is 9.73. The summed E-state index contributed by atoms with van der Waals surface area (Å²) in [4.78, 5) is 39.3. The third-order valence-electron chi connectivity index (χ3n) is 7.34. The Morgan fingerprint density at radius 1 is 0.919 bits per heavy atom. The molecule has 4 aromatic rings. The maximum atomic E-state index is 13.6. The number of nitrogens with zero attached hydrogens (tertiary/aromatic N) is 4. The lowest BCUT2D eigenvalue weighted by Gasteiger charge is -2.19. The molecule has 0 aliphatic carbocycles. The van der Waals surface area contributed by atoms with Gasteiger partial charge in [0.25, 0.3) is 11.8 Å². The maximum Gasteiger partial charge on any atom is 0.273 e. The second kappa shape index (κ2) is 9.29. The average Bonchev–Trinajstić information content (AvgIpc) is 3.59. The van der Waals surface area contributed by atoms with Crippen molar-refractivity contribution in [2.45, 2.75) is 19.5 Å². The first-order valence-corrected chi connectivity index (χ1v) is 12.4. The van der Waals surface area contributed by atoms with Crippen molar-refractivity contribution in [2.24, 2.45) is 5.92 Å². The Balaban J connectivity index is 1.38. The molecular formula is C29H27N5O3. The number of aromatic nitrogens is 2. The summed E-state index contributed by atoms with van der Waals surface area (Å²) in [6.45, 7) is 2.29. The van der Waals surface area contributed by atoms with Gasteiger partial charge in [0.1, 0.15) is 5.69 Å². The monoisotopic (exact) mass is 493 g/mol. The molecule has 2 aliphatic rings. The van der Waals surface area contributed by atoms with Gasteiger partial charge in [0, 0.05) is 49.7 Å². The maximum absolute atomic E-state index is 13.6. The van der Waals surface area contributed by atoms with Crippen LogP contribution in [0.2, 0.25) is 0 Å². The molecule has 186 valence electrons. The van der Waals surface area contributed by atoms with Crippen LogP contribution in [0.5, 0.6) is 0 Å². The second-order valence-corrected chi connectivity index (χ2v) is 9.73. The van der Waals surface area contributed by atoms with E-state index in [4.69, 9.17) is 5.73 Å². The highest BCUT2D eigenvalue weighted by Gasteiger charge is 2.29. The van der Waals surface area contributed by atoms with Gasteiger partial charge in [0.15, 0.2) is 0 Å². The van der Waals surface area contributed by atoms with E-state index in [1.807, 2.05) is 66.7 Å². The van der Waals surface area contributed by atoms with Crippen molar-refractivity contribution in [3.63, 3.8) is 0 Å². The largest absolute Gasteiger partial charge is 0.396 e. The molecule has 3 N–H and O–H groups in total. The van der Waals surface area contributed by atoms with Crippen LogP contribution in [0.3, 0.4) is 0 Å². The van der Waals surface area contributed by atoms with Crippen molar-refractivity contribution in [1.29, 1.82) is 0 Å². The highest BCUT2D eigenvalue weighted by Crippen LogP contribution is 2.31. The average molecular weight is 494 g/mol. The Labute approximate surface area is 214 Å². The number of likely N-dealkylation sites (tertiary alicyclic amines) is 1. The highest BCUT2D eigenvalue weighted by atomic mass is 16.3. The molecule has 1 aromatic heterocycles. The Morgan fingerprint density at radius 3 is 2.38 bits per heavy atom. The molecular weight excluding hydrogens is 466 g/mol. The Bertz CT molecular complexity index is 1510. The number of carbonyl (C=O) groups is 2. The van der Waals surface area contributed by atoms with Gasteiger partial charge in [-0.2, -0.15) is 0 Å². The van der Waals surface area contributed by atoms with E-state index in [9.17, 15) is 14.7 Å². The Morgan fingerprint density at radius 2 is 1.65 bits per heavy atom. The molecule has 0 radical (unpaired) electrons. The van der Waals surface area contributed by atoms with Gasteiger partial charge in [0.05, 0.1) is 5.52 Å². The standard InChI is InChI=1S/C29H27N5O3/c30-29-31-25-10-9-19(22-7-3-4-8-23(22)27(36)33-12-11-18(14-33)17-35)13-24(25)26(32-29)28(37)34-15-20-5-1-2-6-21(20)16-34/h1-10,13,18,35H,11-12,14-17H2,(H2,30,31,32). The zero-order valence-electron chi connectivity index (χ0n) is 20.3. The summed E-state index contributed by atoms with van der Waals surface area (Å²) in [5, 5.41) is 10.1. The topological polar surface area (TPSA) is 113 Å². The van der Waals surface area contributed by atoms with Crippen LogP contribution in [0.25, 0.3) is 22.0 Å². The van der Waals surface area contributed by atoms with Crippen molar-refractivity contribution in [1.82, 2.24) is 19.8 Å². The van der Waals surface area contributed by atoms with Crippen LogP contribution < -0.4 is 5.73 Å². The van der Waals surface area contributed by atoms with Crippen molar-refractivity contribution < 1.29 is 14.7 Å². The zero-order chi connectivity index (χ0) is 25.5. The number of nitrogens with two attached hydrogens (primary N) is 1. The Kier molecular flexibility index (Phi) is 5.81. The number of fused-ring (bicyclic) bond motifs is 2. The predicted octanol–water partition coefficient (Wildman–Crippen LogP) is 3.49. The van der Waals surface area contributed by atoms with Crippen molar-refractivity contribution in [3.8, 4) is 11.1 Å². The van der Waals surface area contributed by atoms with Gasteiger partial charge in [-0.1, -0.05) is 48.5 Å². The van der Waals surface area contributed by atoms with Gasteiger partial charge in [-0.15, -0.1) is 0 Å². The minimum Gasteiger partial charge on any atom is -0.396 e. The lowest BCUT2D eigenvalue weighted by Crippen LogP contribution is -2.29. The number of hydrogen-bond donors (Lipinski definition) is 2. The van der Waals surface area contributed by atoms with Gasteiger partial charge in [-0.3, -0.25) is 9.59 Å². The van der Waals surface area contributed by atoms with Crippen LogP contribution >= 0.6 is 0 Å². The molecule has 0 saturated carbocycles. The fourth-order valence-corrected chi connectivity index (χ4v) is 5.36. The fourth-order valence-electron chi connectivity index (χ4n) is 5.36. The van der Waals surface area contributed by atoms with Gasteiger partial charge in [0.2, 0.25) is 5.95 Å². The molecule has 2 aliphatic heterocycles. The quantitative estimate of drug-likeness (QED) is 0.450. The van der Waals surface area contributed by atoms with E-state index >= 15 is 0 Å². The van der Waals surface area contributed by atoms with Crippen LogP contribution in [0.4, 0.5) is 5.95 Å². The summed E-state index contributed by atoms with van der Waals surface area (Å²) >= 11 is 0. The zero-order valence-corrected chi connectivity index (χ0v) is 20.3. The molecule has 37 heavy (non-hydrogen) atoms. The number of amides is 2. The summed E-state index contributed by atoms with van der Waals surface area (Å²) in [5.41, 5.74) is 11.2. The molecule has 6 rings (SSSR count). The third-order valence-corrected chi connectivity index (χ3v) is 7.34. The molecule has 1 saturated heterocycles. The predicted molar refractivity (Wildman–Crippen MR) is 141 cm³/mol. The molecule has 1 unspecified atom stereocenters. The number of carbonyl (C=O) groups excluding carboxylic acids is 2. The smallest absolute Gasteiger partial charge is 0.273 e. The van der Waals surface area contributed by atoms with Crippen molar-refractivity contribution >= 4 is 28.7 Å². The number of aliphatic hydroxyl groups excluding tert-OH is 1. The van der Waals surface area contributed by atoms with Crippen molar-refractivity contribution in [2.75, 3.05) is 25.4 Å². The number of anilines is 1. The first kappa shape index (κ1) is 23.1. The minimum absolute atomic E-state index is 0.0448. The minimum atomic E-state index is -0.205. The highest BCUT2D eigenvalue weighted by molar-refractivity contribution is 6.07. The van der Waals surface area contributed by atoms with E-state index in [-0.39, 0.29) is 36.0 Å². The molecule has 1 atom stereocenters. The van der Waals surface area contributed by atoms with Crippen LogP contribution in [0.1, 0.15) is 38.4 Å². The first-order valence-electron chi connectivity index (χ1n) is 12.4. The summed E-state index contributed by atoms with van der Waals surface area (Å²) in [6.07, 6.45) is 0.797. The normalized spacial score (nSPS) is 16.8. The van der Waals surface area contributed by atoms with Crippen LogP contribution in [0, 0.1) is 5.92 Å². The number of benzene rings is 3. The summed E-state index contributed by atoms with van der Waals surface area (Å²) < 4.78 is 0. The van der Waals surface area contributed by atoms with Crippen molar-refractivity contribution in [3.05, 3.63) is 89.1 Å². The van der Waals surface area contributed by atoms with Gasteiger partial charge < -0.3 is 20.6 Å². The molecule has 8 nitrogen and oxygen atoms in total. The van der Waals surface area contributed by atoms with E-state index in [0.29, 0.717) is 42.6 Å². The van der Waals surface area contributed by atoms with E-state index in [1.165, 1.54) is 0 Å². The number of aliphatic hydroxyl groups is 1. The molecule has 3 heterocycles. The number of rotatable bonds is 4.